The lowest BCUT2D eigenvalue weighted by molar-refractivity contribution is -0.139. The van der Waals surface area contributed by atoms with Crippen LogP contribution in [-0.2, 0) is 11.2 Å². The molecule has 0 unspecified atom stereocenters. The third-order valence-corrected chi connectivity index (χ3v) is 5.00. The summed E-state index contributed by atoms with van der Waals surface area (Å²) in [7, 11) is 1.62. The molecule has 4 heteroatoms. The zero-order chi connectivity index (χ0) is 18.4. The number of rotatable bonds is 6. The highest BCUT2D eigenvalue weighted by Crippen LogP contribution is 2.24. The predicted octanol–water partition coefficient (Wildman–Crippen LogP) is 3.94. The number of hydrogen-bond acceptors (Lipinski definition) is 3. The first-order valence-electron chi connectivity index (χ1n) is 9.29. The molecule has 0 aromatic heterocycles. The second kappa shape index (κ2) is 8.75. The molecular formula is C22H27NO3. The van der Waals surface area contributed by atoms with Gasteiger partial charge in [-0.15, -0.1) is 0 Å². The number of benzene rings is 2. The fourth-order valence-corrected chi connectivity index (χ4v) is 3.49. The minimum atomic E-state index is -0.493. The number of amides is 1. The smallest absolute Gasteiger partial charge is 0.263 e. The van der Waals surface area contributed by atoms with Crippen molar-refractivity contribution < 1.29 is 14.3 Å². The standard InChI is InChI=1S/C22H27NO3/c1-17(26-21-10-6-9-20(16-21)25-2)22(24)23-13-11-19(12-14-23)15-18-7-4-3-5-8-18/h3-10,16-17,19H,11-15H2,1-2H3/t17-/m0/s1. The molecule has 0 radical (unpaired) electrons. The first kappa shape index (κ1) is 18.3. The van der Waals surface area contributed by atoms with Crippen molar-refractivity contribution in [3.63, 3.8) is 0 Å². The Morgan fingerprint density at radius 1 is 1.08 bits per heavy atom. The minimum Gasteiger partial charge on any atom is -0.497 e. The van der Waals surface area contributed by atoms with Crippen LogP contribution in [0.3, 0.4) is 0 Å². The van der Waals surface area contributed by atoms with Crippen LogP contribution in [0.4, 0.5) is 0 Å². The summed E-state index contributed by atoms with van der Waals surface area (Å²) < 4.78 is 11.0. The van der Waals surface area contributed by atoms with Crippen LogP contribution in [0.2, 0.25) is 0 Å². The Labute approximate surface area is 155 Å². The number of likely N-dealkylation sites (tertiary alicyclic amines) is 1. The minimum absolute atomic E-state index is 0.0611. The van der Waals surface area contributed by atoms with E-state index < -0.39 is 6.10 Å². The highest BCUT2D eigenvalue weighted by Gasteiger charge is 2.27. The first-order chi connectivity index (χ1) is 12.7. The van der Waals surface area contributed by atoms with Crippen molar-refractivity contribution in [2.45, 2.75) is 32.3 Å². The summed E-state index contributed by atoms with van der Waals surface area (Å²) in [6, 6.07) is 18.0. The van der Waals surface area contributed by atoms with Crippen LogP contribution in [0.5, 0.6) is 11.5 Å². The van der Waals surface area contributed by atoms with Crippen LogP contribution < -0.4 is 9.47 Å². The highest BCUT2D eigenvalue weighted by atomic mass is 16.5. The number of nitrogens with zero attached hydrogens (tertiary/aromatic N) is 1. The topological polar surface area (TPSA) is 38.8 Å². The fraction of sp³-hybridized carbons (Fsp3) is 0.409. The van der Waals surface area contributed by atoms with E-state index in [-0.39, 0.29) is 5.91 Å². The molecule has 138 valence electrons. The number of carbonyl (C=O) groups excluding carboxylic acids is 1. The maximum atomic E-state index is 12.7. The molecular weight excluding hydrogens is 326 g/mol. The SMILES string of the molecule is COc1cccc(O[C@@H](C)C(=O)N2CCC(Cc3ccccc3)CC2)c1. The second-order valence-corrected chi connectivity index (χ2v) is 6.90. The average molecular weight is 353 g/mol. The summed E-state index contributed by atoms with van der Waals surface area (Å²) >= 11 is 0. The molecule has 1 aliphatic heterocycles. The van der Waals surface area contributed by atoms with Crippen molar-refractivity contribution in [3.05, 3.63) is 60.2 Å². The number of piperidine rings is 1. The van der Waals surface area contributed by atoms with Crippen LogP contribution >= 0.6 is 0 Å². The van der Waals surface area contributed by atoms with Gasteiger partial charge in [0.1, 0.15) is 11.5 Å². The van der Waals surface area contributed by atoms with E-state index in [4.69, 9.17) is 9.47 Å². The molecule has 0 spiro atoms. The van der Waals surface area contributed by atoms with Crippen molar-refractivity contribution in [1.29, 1.82) is 0 Å². The van der Waals surface area contributed by atoms with Crippen molar-refractivity contribution in [2.75, 3.05) is 20.2 Å². The van der Waals surface area contributed by atoms with Gasteiger partial charge in [-0.05, 0) is 49.8 Å². The molecule has 3 rings (SSSR count). The summed E-state index contributed by atoms with van der Waals surface area (Å²) in [4.78, 5) is 14.6. The number of methoxy groups -OCH3 is 1. The molecule has 2 aromatic carbocycles. The van der Waals surface area contributed by atoms with Gasteiger partial charge in [0.05, 0.1) is 7.11 Å². The molecule has 4 nitrogen and oxygen atoms in total. The number of hydrogen-bond donors (Lipinski definition) is 0. The van der Waals surface area contributed by atoms with Gasteiger partial charge in [0.2, 0.25) is 0 Å². The van der Waals surface area contributed by atoms with E-state index in [9.17, 15) is 4.79 Å². The normalized spacial score (nSPS) is 16.2. The van der Waals surface area contributed by atoms with E-state index in [1.807, 2.05) is 30.0 Å². The largest absolute Gasteiger partial charge is 0.497 e. The third-order valence-electron chi connectivity index (χ3n) is 5.00. The van der Waals surface area contributed by atoms with E-state index in [2.05, 4.69) is 30.3 Å². The molecule has 0 aliphatic carbocycles. The zero-order valence-electron chi connectivity index (χ0n) is 15.6. The van der Waals surface area contributed by atoms with Gasteiger partial charge in [-0.1, -0.05) is 36.4 Å². The average Bonchev–Trinajstić information content (AvgIpc) is 2.69. The fourth-order valence-electron chi connectivity index (χ4n) is 3.49. The molecule has 0 saturated carbocycles. The van der Waals surface area contributed by atoms with Crippen molar-refractivity contribution in [1.82, 2.24) is 4.90 Å². The van der Waals surface area contributed by atoms with Gasteiger partial charge in [0, 0.05) is 19.2 Å². The Morgan fingerprint density at radius 3 is 2.46 bits per heavy atom. The summed E-state index contributed by atoms with van der Waals surface area (Å²) in [5.41, 5.74) is 1.38. The van der Waals surface area contributed by atoms with Crippen molar-refractivity contribution >= 4 is 5.91 Å². The molecule has 1 amide bonds. The third kappa shape index (κ3) is 4.78. The number of ether oxygens (including phenoxy) is 2. The maximum absolute atomic E-state index is 12.7. The molecule has 1 heterocycles. The Morgan fingerprint density at radius 2 is 1.77 bits per heavy atom. The lowest BCUT2D eigenvalue weighted by atomic mass is 9.90. The first-order valence-corrected chi connectivity index (χ1v) is 9.29. The van der Waals surface area contributed by atoms with Gasteiger partial charge >= 0.3 is 0 Å². The van der Waals surface area contributed by atoms with E-state index in [0.29, 0.717) is 11.7 Å². The Kier molecular flexibility index (Phi) is 6.16. The van der Waals surface area contributed by atoms with Gasteiger partial charge in [-0.2, -0.15) is 0 Å². The molecule has 1 aliphatic rings. The maximum Gasteiger partial charge on any atom is 0.263 e. The van der Waals surface area contributed by atoms with E-state index in [1.165, 1.54) is 5.56 Å². The molecule has 1 fully saturated rings. The van der Waals surface area contributed by atoms with E-state index in [0.717, 1.165) is 38.1 Å². The lowest BCUT2D eigenvalue weighted by Crippen LogP contribution is -2.45. The summed E-state index contributed by atoms with van der Waals surface area (Å²) in [6.07, 6.45) is 2.70. The summed E-state index contributed by atoms with van der Waals surface area (Å²) in [5, 5.41) is 0. The zero-order valence-corrected chi connectivity index (χ0v) is 15.6. The Hall–Kier alpha value is -2.49. The Balaban J connectivity index is 1.49. The predicted molar refractivity (Wildman–Crippen MR) is 103 cm³/mol. The van der Waals surface area contributed by atoms with Gasteiger partial charge in [-0.25, -0.2) is 0 Å². The molecule has 1 saturated heterocycles. The molecule has 0 N–H and O–H groups in total. The van der Waals surface area contributed by atoms with Gasteiger partial charge in [0.15, 0.2) is 6.10 Å². The van der Waals surface area contributed by atoms with Crippen LogP contribution in [0.15, 0.2) is 54.6 Å². The van der Waals surface area contributed by atoms with E-state index >= 15 is 0 Å². The van der Waals surface area contributed by atoms with Crippen molar-refractivity contribution in [2.24, 2.45) is 5.92 Å². The van der Waals surface area contributed by atoms with Crippen LogP contribution in [0, 0.1) is 5.92 Å². The van der Waals surface area contributed by atoms with Gasteiger partial charge < -0.3 is 14.4 Å². The summed E-state index contributed by atoms with van der Waals surface area (Å²) in [5.74, 6) is 2.09. The van der Waals surface area contributed by atoms with Gasteiger partial charge in [0.25, 0.3) is 5.91 Å². The van der Waals surface area contributed by atoms with Crippen LogP contribution in [0.25, 0.3) is 0 Å². The molecule has 0 bridgehead atoms. The van der Waals surface area contributed by atoms with Crippen LogP contribution in [0.1, 0.15) is 25.3 Å². The molecule has 2 aromatic rings. The van der Waals surface area contributed by atoms with Crippen molar-refractivity contribution in [3.8, 4) is 11.5 Å². The second-order valence-electron chi connectivity index (χ2n) is 6.90. The molecule has 26 heavy (non-hydrogen) atoms. The lowest BCUT2D eigenvalue weighted by Gasteiger charge is -2.33. The summed E-state index contributed by atoms with van der Waals surface area (Å²) in [6.45, 7) is 3.43. The molecule has 1 atom stereocenters. The number of carbonyl (C=O) groups is 1. The quantitative estimate of drug-likeness (QED) is 0.789. The van der Waals surface area contributed by atoms with E-state index in [1.54, 1.807) is 13.2 Å². The van der Waals surface area contributed by atoms with Crippen LogP contribution in [-0.4, -0.2) is 37.1 Å². The highest BCUT2D eigenvalue weighted by molar-refractivity contribution is 5.81. The Bertz CT molecular complexity index is 708. The van der Waals surface area contributed by atoms with Gasteiger partial charge in [-0.3, -0.25) is 4.79 Å². The monoisotopic (exact) mass is 353 g/mol.